The van der Waals surface area contributed by atoms with Gasteiger partial charge in [0.25, 0.3) is 0 Å². The second-order valence-corrected chi connectivity index (χ2v) is 3.72. The second-order valence-electron chi connectivity index (χ2n) is 2.48. The Labute approximate surface area is 85.0 Å². The molecule has 2 nitrogen and oxygen atoms in total. The molecule has 0 fully saturated rings. The Morgan fingerprint density at radius 1 is 1.38 bits per heavy atom. The van der Waals surface area contributed by atoms with Gasteiger partial charge in [-0.1, -0.05) is 41.1 Å². The average molecular weight is 210 g/mol. The molecule has 2 aromatic rings. The zero-order chi connectivity index (χ0) is 9.26. The molecule has 1 aromatic carbocycles. The van der Waals surface area contributed by atoms with E-state index in [1.54, 1.807) is 0 Å². The third kappa shape index (κ3) is 1.66. The summed E-state index contributed by atoms with van der Waals surface area (Å²) < 4.78 is 0. The fraction of sp³-hybridized carbons (Fsp3) is 0. The van der Waals surface area contributed by atoms with E-state index >= 15 is 0 Å². The first-order chi connectivity index (χ1) is 6.27. The minimum Gasteiger partial charge on any atom is -0.375 e. The van der Waals surface area contributed by atoms with Crippen LogP contribution in [-0.4, -0.2) is 4.98 Å². The van der Waals surface area contributed by atoms with Gasteiger partial charge in [0.1, 0.15) is 0 Å². The molecule has 2 N–H and O–H groups in total. The normalized spacial score (nSPS) is 10.2. The molecule has 13 heavy (non-hydrogen) atoms. The number of aromatic nitrogens is 1. The summed E-state index contributed by atoms with van der Waals surface area (Å²) in [6, 6.07) is 7.50. The molecule has 0 saturated carbocycles. The van der Waals surface area contributed by atoms with Gasteiger partial charge in [-0.05, 0) is 6.07 Å². The van der Waals surface area contributed by atoms with Gasteiger partial charge in [-0.2, -0.15) is 0 Å². The van der Waals surface area contributed by atoms with Gasteiger partial charge in [-0.25, -0.2) is 4.98 Å². The van der Waals surface area contributed by atoms with Crippen molar-refractivity contribution in [3.63, 3.8) is 0 Å². The van der Waals surface area contributed by atoms with Gasteiger partial charge in [0.05, 0.1) is 16.1 Å². The molecule has 0 bridgehead atoms. The maximum absolute atomic E-state index is 5.97. The first-order valence-corrected chi connectivity index (χ1v) is 4.85. The highest BCUT2D eigenvalue weighted by molar-refractivity contribution is 7.13. The lowest BCUT2D eigenvalue weighted by Crippen LogP contribution is -1.83. The van der Waals surface area contributed by atoms with E-state index in [0.29, 0.717) is 15.8 Å². The SMILES string of the molecule is Nc1nc(-c2ccccc2Cl)[c]s1. The third-order valence-corrected chi connectivity index (χ3v) is 2.53. The van der Waals surface area contributed by atoms with Crippen LogP contribution in [0.1, 0.15) is 0 Å². The lowest BCUT2D eigenvalue weighted by Gasteiger charge is -1.97. The minimum absolute atomic E-state index is 0.509. The maximum atomic E-state index is 5.97. The molecule has 1 radical (unpaired) electrons. The summed E-state index contributed by atoms with van der Waals surface area (Å²) in [6.07, 6.45) is 0. The van der Waals surface area contributed by atoms with Crippen molar-refractivity contribution in [2.75, 3.05) is 5.73 Å². The van der Waals surface area contributed by atoms with Crippen molar-refractivity contribution in [2.45, 2.75) is 0 Å². The van der Waals surface area contributed by atoms with E-state index in [0.717, 1.165) is 5.56 Å². The number of anilines is 1. The largest absolute Gasteiger partial charge is 0.375 e. The fourth-order valence-electron chi connectivity index (χ4n) is 1.02. The number of halogens is 1. The molecular weight excluding hydrogens is 204 g/mol. The number of nitrogens with zero attached hydrogens (tertiary/aromatic N) is 1. The number of thiazole rings is 1. The number of benzene rings is 1. The summed E-state index contributed by atoms with van der Waals surface area (Å²) in [4.78, 5) is 4.10. The van der Waals surface area contributed by atoms with E-state index in [1.807, 2.05) is 24.3 Å². The summed E-state index contributed by atoms with van der Waals surface area (Å²) in [5.74, 6) is 0. The highest BCUT2D eigenvalue weighted by Crippen LogP contribution is 2.28. The Morgan fingerprint density at radius 2 is 2.15 bits per heavy atom. The van der Waals surface area contributed by atoms with Crippen molar-refractivity contribution < 1.29 is 0 Å². The summed E-state index contributed by atoms with van der Waals surface area (Å²) >= 11 is 7.26. The highest BCUT2D eigenvalue weighted by atomic mass is 35.5. The number of hydrogen-bond donors (Lipinski definition) is 1. The summed E-state index contributed by atoms with van der Waals surface area (Å²) in [6.45, 7) is 0. The van der Waals surface area contributed by atoms with Gasteiger partial charge in [0.15, 0.2) is 5.13 Å². The molecule has 2 rings (SSSR count). The molecule has 0 aliphatic carbocycles. The zero-order valence-corrected chi connectivity index (χ0v) is 8.19. The molecule has 0 atom stereocenters. The van der Waals surface area contributed by atoms with Crippen LogP contribution in [0.3, 0.4) is 0 Å². The summed E-state index contributed by atoms with van der Waals surface area (Å²) in [5, 5.41) is 4.16. The molecule has 4 heteroatoms. The van der Waals surface area contributed by atoms with Crippen LogP contribution >= 0.6 is 22.9 Å². The van der Waals surface area contributed by atoms with E-state index < -0.39 is 0 Å². The van der Waals surface area contributed by atoms with Gasteiger partial charge in [-0.3, -0.25) is 0 Å². The van der Waals surface area contributed by atoms with Gasteiger partial charge in [0, 0.05) is 5.56 Å². The van der Waals surface area contributed by atoms with Crippen LogP contribution in [0.5, 0.6) is 0 Å². The van der Waals surface area contributed by atoms with Crippen LogP contribution in [-0.2, 0) is 0 Å². The van der Waals surface area contributed by atoms with Crippen LogP contribution < -0.4 is 5.73 Å². The molecule has 0 saturated heterocycles. The van der Waals surface area contributed by atoms with E-state index in [9.17, 15) is 0 Å². The smallest absolute Gasteiger partial charge is 0.181 e. The van der Waals surface area contributed by atoms with Crippen LogP contribution in [0.4, 0.5) is 5.13 Å². The van der Waals surface area contributed by atoms with Crippen LogP contribution in [0.25, 0.3) is 11.3 Å². The Kier molecular flexibility index (Phi) is 2.20. The Morgan fingerprint density at radius 3 is 2.77 bits per heavy atom. The molecule has 65 valence electrons. The maximum Gasteiger partial charge on any atom is 0.181 e. The van der Waals surface area contributed by atoms with Gasteiger partial charge in [0.2, 0.25) is 0 Å². The van der Waals surface area contributed by atoms with Crippen LogP contribution in [0, 0.1) is 5.38 Å². The minimum atomic E-state index is 0.509. The number of nitrogen functional groups attached to an aromatic ring is 1. The van der Waals surface area contributed by atoms with E-state index in [2.05, 4.69) is 10.4 Å². The van der Waals surface area contributed by atoms with Gasteiger partial charge >= 0.3 is 0 Å². The lowest BCUT2D eigenvalue weighted by molar-refractivity contribution is 1.41. The Bertz CT molecular complexity index is 425. The first kappa shape index (κ1) is 8.53. The van der Waals surface area contributed by atoms with E-state index in [1.165, 1.54) is 11.3 Å². The third-order valence-electron chi connectivity index (χ3n) is 1.60. The predicted molar refractivity (Wildman–Crippen MR) is 55.8 cm³/mol. The molecule has 0 aliphatic rings. The van der Waals surface area contributed by atoms with Crippen molar-refractivity contribution in [2.24, 2.45) is 0 Å². The highest BCUT2D eigenvalue weighted by Gasteiger charge is 2.05. The molecule has 1 aromatic heterocycles. The number of nitrogens with two attached hydrogens (primary N) is 1. The molecular formula is C9H6ClN2S. The van der Waals surface area contributed by atoms with Gasteiger partial charge in [-0.15, -0.1) is 0 Å². The quantitative estimate of drug-likeness (QED) is 0.785. The Hall–Kier alpha value is -1.06. The zero-order valence-electron chi connectivity index (χ0n) is 6.62. The lowest BCUT2D eigenvalue weighted by atomic mass is 10.2. The van der Waals surface area contributed by atoms with Crippen molar-refractivity contribution in [1.29, 1.82) is 0 Å². The van der Waals surface area contributed by atoms with E-state index in [-0.39, 0.29) is 0 Å². The summed E-state index contributed by atoms with van der Waals surface area (Å²) in [5.41, 5.74) is 7.09. The molecule has 0 amide bonds. The molecule has 1 heterocycles. The molecule has 0 unspecified atom stereocenters. The van der Waals surface area contributed by atoms with Gasteiger partial charge < -0.3 is 5.73 Å². The second kappa shape index (κ2) is 3.36. The van der Waals surface area contributed by atoms with Crippen molar-refractivity contribution in [3.05, 3.63) is 34.7 Å². The predicted octanol–water partition coefficient (Wildman–Crippen LogP) is 2.85. The monoisotopic (exact) mass is 209 g/mol. The fourth-order valence-corrected chi connectivity index (χ4v) is 1.74. The number of rotatable bonds is 1. The standard InChI is InChI=1S/C9H6ClN2S/c10-7-4-2-1-3-6(7)8-5-13-9(11)12-8/h1-4H,(H2,11,12). The van der Waals surface area contributed by atoms with Crippen molar-refractivity contribution in [1.82, 2.24) is 4.98 Å². The van der Waals surface area contributed by atoms with Crippen molar-refractivity contribution >= 4 is 28.1 Å². The van der Waals surface area contributed by atoms with Crippen LogP contribution in [0.2, 0.25) is 5.02 Å². The molecule has 0 spiro atoms. The average Bonchev–Trinajstić information content (AvgIpc) is 2.53. The van der Waals surface area contributed by atoms with Crippen molar-refractivity contribution in [3.8, 4) is 11.3 Å². The summed E-state index contributed by atoms with van der Waals surface area (Å²) in [7, 11) is 0. The molecule has 0 aliphatic heterocycles. The van der Waals surface area contributed by atoms with E-state index in [4.69, 9.17) is 17.3 Å². The number of hydrogen-bond acceptors (Lipinski definition) is 3. The van der Waals surface area contributed by atoms with Crippen LogP contribution in [0.15, 0.2) is 24.3 Å². The topological polar surface area (TPSA) is 38.9 Å². The Balaban J connectivity index is 2.52. The first-order valence-electron chi connectivity index (χ1n) is 3.66.